The van der Waals surface area contributed by atoms with Gasteiger partial charge in [-0.3, -0.25) is 33.6 Å². The third kappa shape index (κ3) is 44.1. The lowest BCUT2D eigenvalue weighted by molar-refractivity contribution is -0.172. The maximum atomic E-state index is 14.2. The number of aryl methyl sites for hydroxylation is 5. The van der Waals surface area contributed by atoms with E-state index in [1.54, 1.807) is 84.9 Å². The van der Waals surface area contributed by atoms with Gasteiger partial charge in [-0.05, 0) is 209 Å². The standard InChI is InChI=1S/C25H26F2O4.C18H18F2O2.C18H20F2O.C17H20O4.C9H12O4.C8H7BrF2.C8H9Br.CH4/c1-4-13-30-23(28)25(24(29)31-14-5-2,12-11-19-9-7-6-8-10-19)17-20-15-21(26)18(3)22(27)16-20;1-12-16(19)10-14(11-17(12)20)9-15(18(21)22)8-7-13-5-3-2-4-6-13;1-13-17(19)10-16(11-18(13)20)9-15(12-21)8-7-14-5-3-2-4-6-14;1-3-12-20-16(18)15(17(19)21-13-4-2)11-10-14-8-6-5-7-9-14;1-3-5-12-8(10)7-9(11)13-6-4-2;1-5-7(10)2-6(4-9)3-8(5)11;9-7-6-8-4-2-1-3-5-8;/h4-10,15-16H,1-2,11-14,17H2,3H3;2-6,10-11,15H,7-9H2,1H3,(H,21,22);2-6,10-11,15,21H,7-9,12H2,1H3;3-9,15H,1-2,10-13H2;3-4H,1-2,5-7H2;2-3H,4H2,1H3;1-5H,6-7H2;1H4/i6T;2*2T;5T;;;1T;. The van der Waals surface area contributed by atoms with Crippen LogP contribution in [0.2, 0.25) is 0 Å². The van der Waals surface area contributed by atoms with Gasteiger partial charge in [-0.1, -0.05) is 267 Å². The van der Waals surface area contributed by atoms with Crippen molar-refractivity contribution < 1.29 is 114 Å². The molecular weight excluding hydrogens is 1800 g/mol. The Morgan fingerprint density at radius 2 is 0.682 bits per heavy atom. The fourth-order valence-corrected chi connectivity index (χ4v) is 12.4. The summed E-state index contributed by atoms with van der Waals surface area (Å²) in [7, 11) is 0. The van der Waals surface area contributed by atoms with Crippen LogP contribution >= 0.6 is 31.9 Å². The molecule has 9 aromatic carbocycles. The molecule has 0 spiro atoms. The van der Waals surface area contributed by atoms with Gasteiger partial charge in [-0.25, -0.2) is 35.1 Å². The minimum atomic E-state index is -1.85. The van der Waals surface area contributed by atoms with Crippen molar-refractivity contribution in [2.24, 2.45) is 23.2 Å². The lowest BCUT2D eigenvalue weighted by Gasteiger charge is -2.29. The molecule has 0 amide bonds. The fourth-order valence-electron chi connectivity index (χ4n) is 11.6. The van der Waals surface area contributed by atoms with Crippen LogP contribution < -0.4 is 0 Å². The van der Waals surface area contributed by atoms with Crippen molar-refractivity contribution in [2.75, 3.05) is 51.6 Å². The lowest BCUT2D eigenvalue weighted by Crippen LogP contribution is -2.44. The summed E-state index contributed by atoms with van der Waals surface area (Å²) in [6.45, 7) is 26.1. The SMILES string of the molecule is C.C=CCOC(=O)CC(=O)OCC=C.Cc1c(F)cc(CBr)cc1F.[3H]c1ccc(CCBr)cc1.[3H]c1ccc(CCC(C(=O)OCC=C)C(=O)OCC=C)cc1.[3H]c1ccc(CCC(CO)Cc2cc(F)c(C)c(F)c2)cc1.[3H]c1ccc(CCC(Cc2cc(F)c(C)c(F)c2)(C(=O)OCC=C)C(=O)OCC=C)cc1.[3H]c1ccc(CCC(Cc2cc(F)c(C)c(F)c2)C(=O)O)cc1. The van der Waals surface area contributed by atoms with Crippen molar-refractivity contribution in [3.8, 4) is 0 Å². The highest BCUT2D eigenvalue weighted by Crippen LogP contribution is 2.35. The highest BCUT2D eigenvalue weighted by atomic mass is 79.9. The molecule has 0 fully saturated rings. The van der Waals surface area contributed by atoms with E-state index in [0.29, 0.717) is 77.9 Å². The van der Waals surface area contributed by atoms with Crippen molar-refractivity contribution in [3.05, 3.63) is 395 Å². The second-order valence-corrected chi connectivity index (χ2v) is 29.9. The molecule has 15 nitrogen and oxygen atoms in total. The minimum absolute atomic E-state index is 0. The van der Waals surface area contributed by atoms with Gasteiger partial charge in [-0.2, -0.15) is 0 Å². The number of aliphatic carboxylic acids is 1. The van der Waals surface area contributed by atoms with E-state index in [1.165, 1.54) is 106 Å². The first kappa shape index (κ1) is 104. The number of carboxylic acid groups (broad SMARTS) is 1. The maximum Gasteiger partial charge on any atom is 0.324 e. The average molecular weight is 1930 g/mol. The van der Waals surface area contributed by atoms with Crippen molar-refractivity contribution in [1.82, 2.24) is 0 Å². The second kappa shape index (κ2) is 64.7. The third-order valence-electron chi connectivity index (χ3n) is 18.9. The van der Waals surface area contributed by atoms with Gasteiger partial charge in [-0.15, -0.1) is 0 Å². The third-order valence-corrected chi connectivity index (χ3v) is 19.9. The number of aliphatic hydroxyl groups is 1. The van der Waals surface area contributed by atoms with Crippen molar-refractivity contribution >= 4 is 73.6 Å². The number of carbonyl (C=O) groups is 7. The van der Waals surface area contributed by atoms with E-state index in [-0.39, 0.29) is 126 Å². The van der Waals surface area contributed by atoms with Gasteiger partial charge < -0.3 is 38.6 Å². The molecule has 9 aromatic rings. The number of carboxylic acids is 1. The summed E-state index contributed by atoms with van der Waals surface area (Å²) in [5.74, 6) is -11.9. The van der Waals surface area contributed by atoms with Crippen LogP contribution in [0.15, 0.2) is 276 Å². The van der Waals surface area contributed by atoms with Gasteiger partial charge in [0.1, 0.15) is 92.6 Å². The van der Waals surface area contributed by atoms with E-state index in [0.717, 1.165) is 59.0 Å². The topological polar surface area (TPSA) is 215 Å². The van der Waals surface area contributed by atoms with E-state index in [4.69, 9.17) is 25.8 Å². The number of esters is 6. The molecule has 0 aliphatic heterocycles. The molecule has 0 aromatic heterocycles. The molecule has 0 aliphatic carbocycles. The first-order valence-corrected chi connectivity index (χ1v) is 42.8. The van der Waals surface area contributed by atoms with Gasteiger partial charge in [0.15, 0.2) is 11.3 Å². The molecular formula is C104H116Br2F8O15. The summed E-state index contributed by atoms with van der Waals surface area (Å²) >= 11 is 6.47. The summed E-state index contributed by atoms with van der Waals surface area (Å²) < 4.78 is 175. The molecule has 9 rings (SSSR count). The van der Waals surface area contributed by atoms with Crippen molar-refractivity contribution in [1.29, 1.82) is 0 Å². The zero-order valence-electron chi connectivity index (χ0n) is 77.1. The number of benzene rings is 9. The van der Waals surface area contributed by atoms with Crippen molar-refractivity contribution in [3.63, 3.8) is 0 Å². The van der Waals surface area contributed by atoms with Crippen LogP contribution in [0, 0.1) is 97.4 Å². The fraction of sp³-hybridized carbons (Fsp3) is 0.298. The monoisotopic (exact) mass is 1920 g/mol. The van der Waals surface area contributed by atoms with E-state index in [2.05, 4.69) is 80.8 Å². The maximum absolute atomic E-state index is 14.2. The molecule has 2 atom stereocenters. The van der Waals surface area contributed by atoms with Crippen molar-refractivity contribution in [2.45, 2.75) is 124 Å². The van der Waals surface area contributed by atoms with Gasteiger partial charge in [0.25, 0.3) is 0 Å². The smallest absolute Gasteiger partial charge is 0.324 e. The Hall–Kier alpha value is -11.9. The van der Waals surface area contributed by atoms with Gasteiger partial charge in [0.2, 0.25) is 0 Å². The molecule has 25 heteroatoms. The minimum Gasteiger partial charge on any atom is -0.481 e. The molecule has 2 unspecified atom stereocenters. The molecule has 0 aliphatic rings. The first-order valence-electron chi connectivity index (χ1n) is 43.0. The molecule has 692 valence electrons. The summed E-state index contributed by atoms with van der Waals surface area (Å²) in [6, 6.07) is 47.4. The number of hydrogen-bond donors (Lipinski definition) is 2. The van der Waals surface area contributed by atoms with E-state index >= 15 is 0 Å². The van der Waals surface area contributed by atoms with Gasteiger partial charge in [0, 0.05) is 39.5 Å². The number of rotatable bonds is 41. The van der Waals surface area contributed by atoms with Crippen LogP contribution in [0.5, 0.6) is 0 Å². The summed E-state index contributed by atoms with van der Waals surface area (Å²) in [5.41, 5.74) is 4.74. The molecule has 129 heavy (non-hydrogen) atoms. The van der Waals surface area contributed by atoms with Crippen LogP contribution in [0.25, 0.3) is 0 Å². The number of aliphatic hydroxyl groups excluding tert-OH is 1. The average Bonchev–Trinajstić information content (AvgIpc) is 0.783. The molecule has 0 bridgehead atoms. The highest BCUT2D eigenvalue weighted by Gasteiger charge is 2.49. The second-order valence-electron chi connectivity index (χ2n) is 28.5. The van der Waals surface area contributed by atoms with Crippen LogP contribution in [0.1, 0.15) is 119 Å². The zero-order valence-corrected chi connectivity index (χ0v) is 75.3. The summed E-state index contributed by atoms with van der Waals surface area (Å²) in [5, 5.41) is 20.3. The Bertz CT molecular complexity index is 5080. The molecule has 0 saturated carbocycles. The van der Waals surface area contributed by atoms with E-state index < -0.39 is 106 Å². The molecule has 2 N–H and O–H groups in total. The Kier molecular flexibility index (Phi) is 52.3. The predicted octanol–water partition coefficient (Wildman–Crippen LogP) is 23.1. The zero-order chi connectivity index (χ0) is 99.1. The Morgan fingerprint density at radius 1 is 0.395 bits per heavy atom. The molecule has 0 radical (unpaired) electrons. The number of alkyl halides is 2. The Morgan fingerprint density at radius 3 is 1.00 bits per heavy atom. The van der Waals surface area contributed by atoms with Gasteiger partial charge >= 0.3 is 41.8 Å². The first-order chi connectivity index (χ1) is 63.3. The number of ether oxygens (including phenoxy) is 6. The van der Waals surface area contributed by atoms with E-state index in [1.807, 2.05) is 36.4 Å². The van der Waals surface area contributed by atoms with E-state index in [9.17, 15) is 78.9 Å². The molecule has 0 heterocycles. The van der Waals surface area contributed by atoms with Crippen LogP contribution in [-0.2, 0) is 119 Å². The van der Waals surface area contributed by atoms with Crippen LogP contribution in [0.3, 0.4) is 0 Å². The number of carbonyl (C=O) groups excluding carboxylic acids is 6. The van der Waals surface area contributed by atoms with Gasteiger partial charge in [0.05, 0.1) is 12.8 Å². The highest BCUT2D eigenvalue weighted by molar-refractivity contribution is 9.09. The normalized spacial score (nSPS) is 11.3. The number of halogens is 10. The Labute approximate surface area is 777 Å². The largest absolute Gasteiger partial charge is 0.481 e. The summed E-state index contributed by atoms with van der Waals surface area (Å²) in [4.78, 5) is 83.1. The van der Waals surface area contributed by atoms with Crippen LogP contribution in [0.4, 0.5) is 35.1 Å². The summed E-state index contributed by atoms with van der Waals surface area (Å²) in [6.07, 6.45) is 12.7. The quantitative estimate of drug-likeness (QED) is 0.00910. The molecule has 0 saturated heterocycles. The van der Waals surface area contributed by atoms with Crippen LogP contribution in [-0.4, -0.2) is 104 Å². The number of hydrogen-bond acceptors (Lipinski definition) is 14. The lowest BCUT2D eigenvalue weighted by atomic mass is 9.76. The predicted molar refractivity (Wildman–Crippen MR) is 497 cm³/mol. The Balaban J connectivity index is 0.000000545.